The molecular weight excluding hydrogens is 360 g/mol. The number of esters is 1. The molecule has 0 saturated heterocycles. The quantitative estimate of drug-likeness (QED) is 0.790. The van der Waals surface area contributed by atoms with Crippen LogP contribution in [0.15, 0.2) is 40.3 Å². The van der Waals surface area contributed by atoms with Crippen LogP contribution in [-0.2, 0) is 14.3 Å². The molecule has 8 heteroatoms. The first-order chi connectivity index (χ1) is 10.1. The predicted molar refractivity (Wildman–Crippen MR) is 81.3 cm³/mol. The van der Waals surface area contributed by atoms with Crippen molar-refractivity contribution in [2.45, 2.75) is 0 Å². The second kappa shape index (κ2) is 7.75. The van der Waals surface area contributed by atoms with Crippen LogP contribution >= 0.6 is 27.3 Å². The van der Waals surface area contributed by atoms with Crippen molar-refractivity contribution in [3.63, 3.8) is 0 Å². The second-order valence-electron chi connectivity index (χ2n) is 3.78. The Bertz CT molecular complexity index is 618. The lowest BCUT2D eigenvalue weighted by molar-refractivity contribution is -0.149. The minimum atomic E-state index is -0.616. The van der Waals surface area contributed by atoms with Gasteiger partial charge >= 0.3 is 5.97 Å². The van der Waals surface area contributed by atoms with Gasteiger partial charge in [0, 0.05) is 0 Å². The second-order valence-corrected chi connectivity index (χ2v) is 6.19. The molecule has 1 heterocycles. The molecule has 0 atom stereocenters. The van der Waals surface area contributed by atoms with E-state index in [-0.39, 0.29) is 13.2 Å². The van der Waals surface area contributed by atoms with Crippen LogP contribution in [0.4, 0.5) is 5.13 Å². The highest BCUT2D eigenvalue weighted by atomic mass is 79.9. The van der Waals surface area contributed by atoms with E-state index in [4.69, 9.17) is 9.47 Å². The van der Waals surface area contributed by atoms with Gasteiger partial charge in [0.25, 0.3) is 5.91 Å². The summed E-state index contributed by atoms with van der Waals surface area (Å²) in [5, 5.41) is 2.95. The van der Waals surface area contributed by atoms with Crippen molar-refractivity contribution in [1.29, 1.82) is 0 Å². The lowest BCUT2D eigenvalue weighted by atomic mass is 10.3. The van der Waals surface area contributed by atoms with E-state index < -0.39 is 11.9 Å². The number of amides is 1. The van der Waals surface area contributed by atoms with E-state index in [1.165, 1.54) is 11.3 Å². The molecule has 1 amide bonds. The number of hydrogen-bond acceptors (Lipinski definition) is 6. The number of aromatic nitrogens is 1. The van der Waals surface area contributed by atoms with Crippen LogP contribution in [-0.4, -0.2) is 30.1 Å². The number of para-hydroxylation sites is 1. The third-order valence-corrected chi connectivity index (χ3v) is 3.58. The molecule has 0 aliphatic heterocycles. The number of anilines is 1. The molecule has 21 heavy (non-hydrogen) atoms. The van der Waals surface area contributed by atoms with Crippen molar-refractivity contribution in [1.82, 2.24) is 4.98 Å². The highest BCUT2D eigenvalue weighted by molar-refractivity contribution is 9.11. The van der Waals surface area contributed by atoms with Crippen molar-refractivity contribution < 1.29 is 19.1 Å². The van der Waals surface area contributed by atoms with Gasteiger partial charge < -0.3 is 9.47 Å². The van der Waals surface area contributed by atoms with E-state index in [1.807, 2.05) is 6.07 Å². The van der Waals surface area contributed by atoms with Crippen LogP contribution in [0.5, 0.6) is 5.75 Å². The van der Waals surface area contributed by atoms with Gasteiger partial charge in [-0.3, -0.25) is 10.1 Å². The summed E-state index contributed by atoms with van der Waals surface area (Å²) in [5.41, 5.74) is 0. The first-order valence-electron chi connectivity index (χ1n) is 5.88. The molecule has 0 radical (unpaired) electrons. The highest BCUT2D eigenvalue weighted by Crippen LogP contribution is 2.22. The molecule has 1 aromatic heterocycles. The van der Waals surface area contributed by atoms with Crippen LogP contribution < -0.4 is 10.1 Å². The maximum absolute atomic E-state index is 11.5. The number of carbonyl (C=O) groups is 2. The summed E-state index contributed by atoms with van der Waals surface area (Å²) in [7, 11) is 0. The van der Waals surface area contributed by atoms with E-state index in [0.29, 0.717) is 10.9 Å². The van der Waals surface area contributed by atoms with Crippen molar-refractivity contribution >= 4 is 44.3 Å². The Labute approximate surface area is 133 Å². The molecule has 0 unspecified atom stereocenters. The van der Waals surface area contributed by atoms with Crippen LogP contribution in [0.25, 0.3) is 0 Å². The first-order valence-corrected chi connectivity index (χ1v) is 7.49. The van der Waals surface area contributed by atoms with Crippen LogP contribution in [0.1, 0.15) is 0 Å². The summed E-state index contributed by atoms with van der Waals surface area (Å²) >= 11 is 4.50. The van der Waals surface area contributed by atoms with Gasteiger partial charge in [0.15, 0.2) is 18.3 Å². The largest absolute Gasteiger partial charge is 0.482 e. The van der Waals surface area contributed by atoms with E-state index >= 15 is 0 Å². The molecule has 2 aromatic rings. The summed E-state index contributed by atoms with van der Waals surface area (Å²) < 4.78 is 10.8. The summed E-state index contributed by atoms with van der Waals surface area (Å²) in [5.74, 6) is -0.509. The van der Waals surface area contributed by atoms with Gasteiger partial charge in [-0.25, -0.2) is 9.78 Å². The number of ether oxygens (including phenoxy) is 2. The smallest absolute Gasteiger partial charge is 0.344 e. The number of hydrogen-bond donors (Lipinski definition) is 1. The van der Waals surface area contributed by atoms with Gasteiger partial charge in [-0.2, -0.15) is 0 Å². The van der Waals surface area contributed by atoms with E-state index in [1.54, 1.807) is 30.5 Å². The van der Waals surface area contributed by atoms with Crippen molar-refractivity contribution in [3.05, 3.63) is 40.3 Å². The lowest BCUT2D eigenvalue weighted by Gasteiger charge is -2.06. The number of halogens is 1. The number of nitrogens with one attached hydrogen (secondary N) is 1. The highest BCUT2D eigenvalue weighted by Gasteiger charge is 2.10. The summed E-state index contributed by atoms with van der Waals surface area (Å²) in [6.07, 6.45) is 1.57. The van der Waals surface area contributed by atoms with E-state index in [0.717, 1.165) is 3.79 Å². The van der Waals surface area contributed by atoms with E-state index in [2.05, 4.69) is 26.2 Å². The standard InChI is InChI=1S/C13H11BrN2O4S/c14-10-6-15-13(21-10)16-11(17)7-20-12(18)8-19-9-4-2-1-3-5-9/h1-6H,7-8H2,(H,15,16,17). The monoisotopic (exact) mass is 370 g/mol. The SMILES string of the molecule is O=C(COC(=O)COc1ccccc1)Nc1ncc(Br)s1. The Kier molecular flexibility index (Phi) is 5.70. The minimum absolute atomic E-state index is 0.250. The Morgan fingerprint density at radius 3 is 2.67 bits per heavy atom. The molecule has 0 spiro atoms. The Morgan fingerprint density at radius 1 is 1.24 bits per heavy atom. The minimum Gasteiger partial charge on any atom is -0.482 e. The van der Waals surface area contributed by atoms with E-state index in [9.17, 15) is 9.59 Å². The number of benzene rings is 1. The van der Waals surface area contributed by atoms with Crippen LogP contribution in [0, 0.1) is 0 Å². The van der Waals surface area contributed by atoms with Gasteiger partial charge in [0.05, 0.1) is 9.98 Å². The fraction of sp³-hybridized carbons (Fsp3) is 0.154. The van der Waals surface area contributed by atoms with Crippen molar-refractivity contribution in [2.24, 2.45) is 0 Å². The number of nitrogens with zero attached hydrogens (tertiary/aromatic N) is 1. The average Bonchev–Trinajstić information content (AvgIpc) is 2.89. The van der Waals surface area contributed by atoms with Crippen molar-refractivity contribution in [2.75, 3.05) is 18.5 Å². The number of carbonyl (C=O) groups excluding carboxylic acids is 2. The molecule has 6 nitrogen and oxygen atoms in total. The zero-order valence-electron chi connectivity index (χ0n) is 10.7. The topological polar surface area (TPSA) is 77.5 Å². The molecular formula is C13H11BrN2O4S. The van der Waals surface area contributed by atoms with Crippen LogP contribution in [0.2, 0.25) is 0 Å². The van der Waals surface area contributed by atoms with Gasteiger partial charge in [-0.15, -0.1) is 0 Å². The van der Waals surface area contributed by atoms with Gasteiger partial charge in [0.2, 0.25) is 0 Å². The molecule has 110 valence electrons. The third-order valence-electron chi connectivity index (χ3n) is 2.19. The molecule has 1 N–H and O–H groups in total. The lowest BCUT2D eigenvalue weighted by Crippen LogP contribution is -2.23. The molecule has 1 aromatic carbocycles. The number of rotatable bonds is 6. The predicted octanol–water partition coefficient (Wildman–Crippen LogP) is 2.47. The maximum atomic E-state index is 11.5. The van der Waals surface area contributed by atoms with Gasteiger partial charge in [0.1, 0.15) is 5.75 Å². The Hall–Kier alpha value is -1.93. The normalized spacial score (nSPS) is 9.95. The first kappa shape index (κ1) is 15.5. The molecule has 0 bridgehead atoms. The maximum Gasteiger partial charge on any atom is 0.344 e. The zero-order valence-corrected chi connectivity index (χ0v) is 13.1. The molecule has 0 aliphatic rings. The van der Waals surface area contributed by atoms with Gasteiger partial charge in [-0.05, 0) is 28.1 Å². The Balaban J connectivity index is 1.67. The fourth-order valence-corrected chi connectivity index (χ4v) is 2.44. The molecule has 0 saturated carbocycles. The molecule has 2 rings (SSSR count). The van der Waals surface area contributed by atoms with Crippen LogP contribution in [0.3, 0.4) is 0 Å². The fourth-order valence-electron chi connectivity index (χ4n) is 1.31. The number of thiazole rings is 1. The zero-order chi connectivity index (χ0) is 15.1. The van der Waals surface area contributed by atoms with Crippen molar-refractivity contribution in [3.8, 4) is 5.75 Å². The van der Waals surface area contributed by atoms with Gasteiger partial charge in [-0.1, -0.05) is 29.5 Å². The molecule has 0 fully saturated rings. The third kappa shape index (κ3) is 5.52. The molecule has 0 aliphatic carbocycles. The summed E-state index contributed by atoms with van der Waals surface area (Å²) in [4.78, 5) is 26.9. The summed E-state index contributed by atoms with van der Waals surface area (Å²) in [6.45, 7) is -0.631. The Morgan fingerprint density at radius 2 is 2.00 bits per heavy atom. The average molecular weight is 371 g/mol. The summed E-state index contributed by atoms with van der Waals surface area (Å²) in [6, 6.07) is 8.87.